The second-order valence-corrected chi connectivity index (χ2v) is 7.40. The summed E-state index contributed by atoms with van der Waals surface area (Å²) in [5.74, 6) is 1.79. The van der Waals surface area contributed by atoms with E-state index in [0.717, 1.165) is 47.6 Å². The van der Waals surface area contributed by atoms with E-state index in [1.165, 1.54) is 19.3 Å². The van der Waals surface area contributed by atoms with E-state index in [2.05, 4.69) is 22.0 Å². The van der Waals surface area contributed by atoms with Crippen molar-refractivity contribution in [2.75, 3.05) is 13.1 Å². The molecule has 0 spiro atoms. The second-order valence-electron chi connectivity index (χ2n) is 6.42. The molecule has 0 radical (unpaired) electrons. The molecule has 2 aromatic heterocycles. The molecule has 1 aliphatic rings. The average molecular weight is 357 g/mol. The zero-order chi connectivity index (χ0) is 17.1. The SMILES string of the molecule is CCC(Oc1ccccc1)c1nn2c(CN3CCCCC3)nnc2s1. The molecule has 4 rings (SSSR count). The number of piperidine rings is 1. The Morgan fingerprint density at radius 1 is 1.12 bits per heavy atom. The van der Waals surface area contributed by atoms with Gasteiger partial charge in [0.15, 0.2) is 16.9 Å². The number of para-hydroxylation sites is 1. The Balaban J connectivity index is 1.53. The summed E-state index contributed by atoms with van der Waals surface area (Å²) in [6, 6.07) is 9.91. The molecule has 3 heterocycles. The number of hydrogen-bond acceptors (Lipinski definition) is 6. The van der Waals surface area contributed by atoms with Crippen LogP contribution in [0, 0.1) is 0 Å². The summed E-state index contributed by atoms with van der Waals surface area (Å²) in [6.45, 7) is 5.21. The van der Waals surface area contributed by atoms with E-state index in [-0.39, 0.29) is 6.10 Å². The van der Waals surface area contributed by atoms with E-state index in [4.69, 9.17) is 9.84 Å². The third-order valence-corrected chi connectivity index (χ3v) is 5.54. The summed E-state index contributed by atoms with van der Waals surface area (Å²) in [6.07, 6.45) is 4.68. The van der Waals surface area contributed by atoms with E-state index in [9.17, 15) is 0 Å². The van der Waals surface area contributed by atoms with E-state index < -0.39 is 0 Å². The number of hydrogen-bond donors (Lipinski definition) is 0. The van der Waals surface area contributed by atoms with Crippen LogP contribution in [0.25, 0.3) is 4.96 Å². The van der Waals surface area contributed by atoms with Crippen LogP contribution in [0.1, 0.15) is 49.5 Å². The summed E-state index contributed by atoms with van der Waals surface area (Å²) < 4.78 is 8.01. The smallest absolute Gasteiger partial charge is 0.234 e. The van der Waals surface area contributed by atoms with Crippen molar-refractivity contribution in [3.8, 4) is 5.75 Å². The highest BCUT2D eigenvalue weighted by Gasteiger charge is 2.21. The highest BCUT2D eigenvalue weighted by molar-refractivity contribution is 7.16. The fraction of sp³-hybridized carbons (Fsp3) is 0.500. The Bertz CT molecular complexity index is 809. The topological polar surface area (TPSA) is 55.6 Å². The van der Waals surface area contributed by atoms with Crippen molar-refractivity contribution in [3.63, 3.8) is 0 Å². The van der Waals surface area contributed by atoms with Gasteiger partial charge in [-0.2, -0.15) is 9.61 Å². The van der Waals surface area contributed by atoms with Gasteiger partial charge in [0.25, 0.3) is 0 Å². The minimum absolute atomic E-state index is 0.0584. The highest BCUT2D eigenvalue weighted by atomic mass is 32.1. The fourth-order valence-corrected chi connectivity index (χ4v) is 4.16. The molecule has 0 saturated carbocycles. The highest BCUT2D eigenvalue weighted by Crippen LogP contribution is 2.28. The van der Waals surface area contributed by atoms with Gasteiger partial charge in [-0.15, -0.1) is 10.2 Å². The van der Waals surface area contributed by atoms with Crippen LogP contribution in [0.3, 0.4) is 0 Å². The van der Waals surface area contributed by atoms with Gasteiger partial charge in [-0.1, -0.05) is 42.9 Å². The van der Waals surface area contributed by atoms with E-state index in [1.807, 2.05) is 34.8 Å². The third kappa shape index (κ3) is 3.67. The first-order chi connectivity index (χ1) is 12.3. The summed E-state index contributed by atoms with van der Waals surface area (Å²) in [7, 11) is 0. The Morgan fingerprint density at radius 3 is 2.68 bits per heavy atom. The summed E-state index contributed by atoms with van der Waals surface area (Å²) in [4.78, 5) is 3.29. The van der Waals surface area contributed by atoms with E-state index >= 15 is 0 Å². The van der Waals surface area contributed by atoms with Crippen molar-refractivity contribution >= 4 is 16.3 Å². The maximum absolute atomic E-state index is 6.11. The van der Waals surface area contributed by atoms with Crippen molar-refractivity contribution in [2.24, 2.45) is 0 Å². The summed E-state index contributed by atoms with van der Waals surface area (Å²) in [5, 5.41) is 14.4. The zero-order valence-corrected chi connectivity index (χ0v) is 15.3. The van der Waals surface area contributed by atoms with Crippen molar-refractivity contribution in [3.05, 3.63) is 41.2 Å². The molecule has 132 valence electrons. The second kappa shape index (κ2) is 7.49. The molecule has 3 aromatic rings. The number of likely N-dealkylation sites (tertiary alicyclic amines) is 1. The predicted molar refractivity (Wildman–Crippen MR) is 97.9 cm³/mol. The van der Waals surface area contributed by atoms with Gasteiger partial charge in [0, 0.05) is 0 Å². The number of nitrogens with zero attached hydrogens (tertiary/aromatic N) is 5. The van der Waals surface area contributed by atoms with Crippen LogP contribution >= 0.6 is 11.3 Å². The number of ether oxygens (including phenoxy) is 1. The minimum atomic E-state index is -0.0584. The average Bonchev–Trinajstić information content (AvgIpc) is 3.23. The predicted octanol–water partition coefficient (Wildman–Crippen LogP) is 3.70. The van der Waals surface area contributed by atoms with Gasteiger partial charge < -0.3 is 4.74 Å². The van der Waals surface area contributed by atoms with Crippen LogP contribution in [0.4, 0.5) is 0 Å². The zero-order valence-electron chi connectivity index (χ0n) is 14.5. The summed E-state index contributed by atoms with van der Waals surface area (Å²) >= 11 is 1.57. The Morgan fingerprint density at radius 2 is 1.92 bits per heavy atom. The maximum Gasteiger partial charge on any atom is 0.234 e. The van der Waals surface area contributed by atoms with Crippen molar-refractivity contribution < 1.29 is 4.74 Å². The molecule has 7 heteroatoms. The molecule has 0 bridgehead atoms. The van der Waals surface area contributed by atoms with Gasteiger partial charge in [0.05, 0.1) is 6.54 Å². The number of fused-ring (bicyclic) bond motifs is 1. The van der Waals surface area contributed by atoms with Crippen molar-refractivity contribution in [1.82, 2.24) is 24.7 Å². The van der Waals surface area contributed by atoms with Gasteiger partial charge in [-0.3, -0.25) is 4.90 Å². The molecule has 1 aromatic carbocycles. The lowest BCUT2D eigenvalue weighted by Crippen LogP contribution is -2.30. The van der Waals surface area contributed by atoms with Gasteiger partial charge in [0.1, 0.15) is 5.75 Å². The lowest BCUT2D eigenvalue weighted by atomic mass is 10.1. The molecule has 25 heavy (non-hydrogen) atoms. The first-order valence-corrected chi connectivity index (χ1v) is 9.80. The quantitative estimate of drug-likeness (QED) is 0.673. The molecule has 0 amide bonds. The van der Waals surface area contributed by atoms with Crippen molar-refractivity contribution in [1.29, 1.82) is 0 Å². The number of rotatable bonds is 6. The fourth-order valence-electron chi connectivity index (χ4n) is 3.19. The monoisotopic (exact) mass is 357 g/mol. The Kier molecular flexibility index (Phi) is 4.94. The normalized spacial score (nSPS) is 17.0. The number of aromatic nitrogens is 4. The molecule has 0 aliphatic carbocycles. The molecule has 1 saturated heterocycles. The van der Waals surface area contributed by atoms with Crippen LogP contribution in [0.15, 0.2) is 30.3 Å². The van der Waals surface area contributed by atoms with Crippen LogP contribution in [0.5, 0.6) is 5.75 Å². The molecule has 1 atom stereocenters. The molecule has 6 nitrogen and oxygen atoms in total. The van der Waals surface area contributed by atoms with Gasteiger partial charge in [-0.25, -0.2) is 0 Å². The van der Waals surface area contributed by atoms with Gasteiger partial charge in [0.2, 0.25) is 4.96 Å². The largest absolute Gasteiger partial charge is 0.483 e. The van der Waals surface area contributed by atoms with Crippen molar-refractivity contribution in [2.45, 2.75) is 45.3 Å². The van der Waals surface area contributed by atoms with Crippen LogP contribution in [-0.2, 0) is 6.54 Å². The molecule has 1 aliphatic heterocycles. The molecular weight excluding hydrogens is 334 g/mol. The molecular formula is C18H23N5OS. The molecule has 1 unspecified atom stereocenters. The maximum atomic E-state index is 6.11. The summed E-state index contributed by atoms with van der Waals surface area (Å²) in [5.41, 5.74) is 0. The molecule has 0 N–H and O–H groups in total. The van der Waals surface area contributed by atoms with Gasteiger partial charge in [-0.05, 0) is 44.5 Å². The lowest BCUT2D eigenvalue weighted by Gasteiger charge is -2.25. The standard InChI is InChI=1S/C18H23N5OS/c1-2-15(24-14-9-5-3-6-10-14)17-21-23-16(19-20-18(23)25-17)13-22-11-7-4-8-12-22/h3,5-6,9-10,15H,2,4,7-8,11-13H2,1H3. The molecule has 1 fully saturated rings. The lowest BCUT2D eigenvalue weighted by molar-refractivity contribution is 0.198. The Hall–Kier alpha value is -1.99. The minimum Gasteiger partial charge on any atom is -0.483 e. The van der Waals surface area contributed by atoms with E-state index in [0.29, 0.717) is 0 Å². The Labute approximate surface area is 151 Å². The number of benzene rings is 1. The first-order valence-electron chi connectivity index (χ1n) is 8.98. The first kappa shape index (κ1) is 16.5. The third-order valence-electron chi connectivity index (χ3n) is 4.55. The van der Waals surface area contributed by atoms with Crippen LogP contribution < -0.4 is 4.74 Å². The van der Waals surface area contributed by atoms with Crippen LogP contribution in [-0.4, -0.2) is 37.8 Å². The van der Waals surface area contributed by atoms with Crippen LogP contribution in [0.2, 0.25) is 0 Å². The van der Waals surface area contributed by atoms with Gasteiger partial charge >= 0.3 is 0 Å². The van der Waals surface area contributed by atoms with E-state index in [1.54, 1.807) is 11.3 Å².